The number of aryl methyl sites for hydroxylation is 1. The summed E-state index contributed by atoms with van der Waals surface area (Å²) in [7, 11) is 0. The number of rotatable bonds is 3. The van der Waals surface area contributed by atoms with Crippen molar-refractivity contribution in [1.29, 1.82) is 5.26 Å². The molecule has 3 nitrogen and oxygen atoms in total. The third-order valence-corrected chi connectivity index (χ3v) is 1.75. The largest absolute Gasteiger partial charge is 0.508 e. The molecule has 0 atom stereocenters. The number of phenols is 1. The Kier molecular flexibility index (Phi) is 3.04. The van der Waals surface area contributed by atoms with Crippen molar-refractivity contribution in [1.82, 2.24) is 0 Å². The van der Waals surface area contributed by atoms with Crippen molar-refractivity contribution in [3.63, 3.8) is 0 Å². The fourth-order valence-corrected chi connectivity index (χ4v) is 1.07. The lowest BCUT2D eigenvalue weighted by Crippen LogP contribution is -1.88. The van der Waals surface area contributed by atoms with Crippen molar-refractivity contribution in [2.45, 2.75) is 12.8 Å². The van der Waals surface area contributed by atoms with Gasteiger partial charge in [-0.25, -0.2) is 0 Å². The smallest absolute Gasteiger partial charge is 0.150 e. The van der Waals surface area contributed by atoms with Crippen LogP contribution in [0.4, 0.5) is 0 Å². The summed E-state index contributed by atoms with van der Waals surface area (Å²) >= 11 is 0. The molecule has 1 N–H and O–H groups in total. The molecule has 0 aromatic heterocycles. The van der Waals surface area contributed by atoms with E-state index in [2.05, 4.69) is 0 Å². The topological polar surface area (TPSA) is 61.1 Å². The highest BCUT2D eigenvalue weighted by atomic mass is 16.3. The molecular weight excluding hydrogens is 166 g/mol. The molecule has 3 heteroatoms. The second-order valence-corrected chi connectivity index (χ2v) is 2.66. The van der Waals surface area contributed by atoms with E-state index < -0.39 is 0 Å². The van der Waals surface area contributed by atoms with Crippen LogP contribution in [0.15, 0.2) is 18.2 Å². The van der Waals surface area contributed by atoms with Gasteiger partial charge in [-0.2, -0.15) is 5.26 Å². The van der Waals surface area contributed by atoms with Crippen molar-refractivity contribution in [3.05, 3.63) is 29.3 Å². The summed E-state index contributed by atoms with van der Waals surface area (Å²) in [5.74, 6) is 0.140. The number of hydrogen-bond donors (Lipinski definition) is 1. The molecule has 0 fully saturated rings. The molecule has 0 spiro atoms. The number of carbonyl (C=O) groups excluding carboxylic acids is 1. The van der Waals surface area contributed by atoms with Gasteiger partial charge >= 0.3 is 0 Å². The highest BCUT2D eigenvalue weighted by Crippen LogP contribution is 2.18. The molecular formula is C10H9NO2. The lowest BCUT2D eigenvalue weighted by molar-refractivity contribution is 0.112. The lowest BCUT2D eigenvalue weighted by atomic mass is 10.1. The summed E-state index contributed by atoms with van der Waals surface area (Å²) in [6.45, 7) is 0. The Balaban J connectivity index is 2.91. The zero-order chi connectivity index (χ0) is 9.68. The van der Waals surface area contributed by atoms with Gasteiger partial charge in [0.2, 0.25) is 0 Å². The maximum absolute atomic E-state index is 10.4. The molecule has 0 saturated heterocycles. The van der Waals surface area contributed by atoms with Crippen LogP contribution in [0.3, 0.4) is 0 Å². The number of phenolic OH excluding ortho intramolecular Hbond substituents is 1. The number of hydrogen-bond acceptors (Lipinski definition) is 3. The van der Waals surface area contributed by atoms with Crippen LogP contribution in [0.2, 0.25) is 0 Å². The highest BCUT2D eigenvalue weighted by molar-refractivity contribution is 5.75. The van der Waals surface area contributed by atoms with E-state index >= 15 is 0 Å². The predicted molar refractivity (Wildman–Crippen MR) is 47.4 cm³/mol. The van der Waals surface area contributed by atoms with Crippen LogP contribution < -0.4 is 0 Å². The summed E-state index contributed by atoms with van der Waals surface area (Å²) in [6.07, 6.45) is 1.54. The van der Waals surface area contributed by atoms with E-state index in [4.69, 9.17) is 5.26 Å². The first kappa shape index (κ1) is 9.27. The van der Waals surface area contributed by atoms with Gasteiger partial charge in [-0.05, 0) is 30.2 Å². The van der Waals surface area contributed by atoms with Gasteiger partial charge in [-0.15, -0.1) is 0 Å². The number of benzene rings is 1. The molecule has 0 aliphatic heterocycles. The number of aldehydes is 1. The Morgan fingerprint density at radius 2 is 2.31 bits per heavy atom. The van der Waals surface area contributed by atoms with Crippen LogP contribution in [-0.2, 0) is 6.42 Å². The average molecular weight is 175 g/mol. The summed E-state index contributed by atoms with van der Waals surface area (Å²) in [5.41, 5.74) is 1.16. The molecule has 0 bridgehead atoms. The van der Waals surface area contributed by atoms with Crippen molar-refractivity contribution >= 4 is 6.29 Å². The molecule has 0 aliphatic rings. The molecule has 1 aromatic rings. The molecule has 0 unspecified atom stereocenters. The monoisotopic (exact) mass is 175 g/mol. The van der Waals surface area contributed by atoms with Gasteiger partial charge in [0.25, 0.3) is 0 Å². The van der Waals surface area contributed by atoms with Gasteiger partial charge < -0.3 is 5.11 Å². The number of nitrogens with zero attached hydrogens (tertiary/aromatic N) is 1. The second kappa shape index (κ2) is 4.27. The molecule has 0 aliphatic carbocycles. The van der Waals surface area contributed by atoms with Crippen LogP contribution >= 0.6 is 0 Å². The first-order chi connectivity index (χ1) is 6.27. The van der Waals surface area contributed by atoms with Crippen LogP contribution in [-0.4, -0.2) is 11.4 Å². The molecule has 13 heavy (non-hydrogen) atoms. The van der Waals surface area contributed by atoms with Crippen molar-refractivity contribution in [2.75, 3.05) is 0 Å². The first-order valence-electron chi connectivity index (χ1n) is 3.92. The number of nitriles is 1. The van der Waals surface area contributed by atoms with Crippen LogP contribution in [0.25, 0.3) is 0 Å². The van der Waals surface area contributed by atoms with Crippen LogP contribution in [0, 0.1) is 11.3 Å². The molecule has 0 saturated carbocycles. The third kappa shape index (κ3) is 2.31. The maximum atomic E-state index is 10.4. The zero-order valence-corrected chi connectivity index (χ0v) is 7.03. The summed E-state index contributed by atoms with van der Waals surface area (Å²) < 4.78 is 0. The predicted octanol–water partition coefficient (Wildman–Crippen LogP) is 1.66. The Bertz CT molecular complexity index is 352. The van der Waals surface area contributed by atoms with Gasteiger partial charge in [-0.1, -0.05) is 0 Å². The van der Waals surface area contributed by atoms with Crippen LogP contribution in [0.5, 0.6) is 5.75 Å². The highest BCUT2D eigenvalue weighted by Gasteiger charge is 2.01. The Morgan fingerprint density at radius 3 is 2.92 bits per heavy atom. The Morgan fingerprint density at radius 1 is 1.54 bits per heavy atom. The van der Waals surface area contributed by atoms with E-state index in [9.17, 15) is 9.90 Å². The van der Waals surface area contributed by atoms with E-state index in [0.717, 1.165) is 6.29 Å². The number of carbonyl (C=O) groups is 1. The van der Waals surface area contributed by atoms with Crippen molar-refractivity contribution in [2.24, 2.45) is 0 Å². The SMILES string of the molecule is N#CCCc1cc(C=O)ccc1O. The summed E-state index contributed by atoms with van der Waals surface area (Å²) in [6, 6.07) is 6.59. The van der Waals surface area contributed by atoms with Crippen LogP contribution in [0.1, 0.15) is 22.3 Å². The van der Waals surface area contributed by atoms with Gasteiger partial charge in [0.1, 0.15) is 12.0 Å². The summed E-state index contributed by atoms with van der Waals surface area (Å²) in [5, 5.41) is 17.7. The summed E-state index contributed by atoms with van der Waals surface area (Å²) in [4.78, 5) is 10.4. The van der Waals surface area contributed by atoms with Crippen molar-refractivity contribution in [3.8, 4) is 11.8 Å². The minimum absolute atomic E-state index is 0.140. The Labute approximate surface area is 76.2 Å². The van der Waals surface area contributed by atoms with E-state index in [1.54, 1.807) is 6.07 Å². The molecule has 66 valence electrons. The van der Waals surface area contributed by atoms with Crippen molar-refractivity contribution < 1.29 is 9.90 Å². The quantitative estimate of drug-likeness (QED) is 0.710. The third-order valence-electron chi connectivity index (χ3n) is 1.75. The van der Waals surface area contributed by atoms with E-state index in [1.165, 1.54) is 12.1 Å². The Hall–Kier alpha value is -1.82. The molecule has 1 rings (SSSR count). The lowest BCUT2D eigenvalue weighted by Gasteiger charge is -2.01. The fraction of sp³-hybridized carbons (Fsp3) is 0.200. The van der Waals surface area contributed by atoms with E-state index in [1.807, 2.05) is 6.07 Å². The number of aromatic hydroxyl groups is 1. The van der Waals surface area contributed by atoms with Gasteiger partial charge in [0, 0.05) is 12.0 Å². The van der Waals surface area contributed by atoms with E-state index in [0.29, 0.717) is 24.0 Å². The van der Waals surface area contributed by atoms with Gasteiger partial charge in [-0.3, -0.25) is 4.79 Å². The fourth-order valence-electron chi connectivity index (χ4n) is 1.07. The standard InChI is InChI=1S/C10H9NO2/c11-5-1-2-9-6-8(7-12)3-4-10(9)13/h3-4,6-7,13H,1-2H2. The molecule has 0 amide bonds. The van der Waals surface area contributed by atoms with E-state index in [-0.39, 0.29) is 5.75 Å². The maximum Gasteiger partial charge on any atom is 0.150 e. The van der Waals surface area contributed by atoms with Gasteiger partial charge in [0.05, 0.1) is 6.07 Å². The molecule has 1 aromatic carbocycles. The van der Waals surface area contributed by atoms with Gasteiger partial charge in [0.15, 0.2) is 0 Å². The normalized spacial score (nSPS) is 9.15. The minimum atomic E-state index is 0.140. The average Bonchev–Trinajstić information content (AvgIpc) is 2.17. The molecule has 0 heterocycles. The first-order valence-corrected chi connectivity index (χ1v) is 3.92. The minimum Gasteiger partial charge on any atom is -0.508 e. The zero-order valence-electron chi connectivity index (χ0n) is 7.03. The second-order valence-electron chi connectivity index (χ2n) is 2.66. The molecule has 0 radical (unpaired) electrons.